The maximum Gasteiger partial charge on any atom is 0.266 e. The lowest BCUT2D eigenvalue weighted by molar-refractivity contribution is -0.121. The second-order valence-corrected chi connectivity index (χ2v) is 8.09. The molecule has 0 aliphatic carbocycles. The second-order valence-electron chi connectivity index (χ2n) is 7.08. The Bertz CT molecular complexity index is 962. The number of carbonyl (C=O) groups is 1. The van der Waals surface area contributed by atoms with Crippen LogP contribution < -0.4 is 4.90 Å². The molecule has 144 valence electrons. The zero-order valence-electron chi connectivity index (χ0n) is 16.0. The van der Waals surface area contributed by atoms with Crippen molar-refractivity contribution in [2.24, 2.45) is 4.99 Å². The second kappa shape index (κ2) is 7.80. The number of halogens is 1. The highest BCUT2D eigenvalue weighted by molar-refractivity contribution is 8.18. The van der Waals surface area contributed by atoms with Crippen molar-refractivity contribution in [1.29, 1.82) is 0 Å². The molecule has 0 aromatic heterocycles. The highest BCUT2D eigenvalue weighted by atomic mass is 32.2. The van der Waals surface area contributed by atoms with Gasteiger partial charge in [0.25, 0.3) is 5.91 Å². The van der Waals surface area contributed by atoms with Crippen LogP contribution in [0.3, 0.4) is 0 Å². The van der Waals surface area contributed by atoms with Crippen molar-refractivity contribution in [1.82, 2.24) is 4.90 Å². The first-order valence-electron chi connectivity index (χ1n) is 9.39. The summed E-state index contributed by atoms with van der Waals surface area (Å²) in [5.41, 5.74) is 4.06. The fourth-order valence-electron chi connectivity index (χ4n) is 3.41. The van der Waals surface area contributed by atoms with Crippen LogP contribution in [0.1, 0.15) is 24.0 Å². The van der Waals surface area contributed by atoms with Crippen molar-refractivity contribution < 1.29 is 9.18 Å². The van der Waals surface area contributed by atoms with E-state index in [0.717, 1.165) is 24.2 Å². The minimum atomic E-state index is -0.305. The van der Waals surface area contributed by atoms with Gasteiger partial charge in [-0.1, -0.05) is 6.07 Å². The number of benzene rings is 2. The number of thioether (sulfide) groups is 1. The highest BCUT2D eigenvalue weighted by Gasteiger charge is 2.30. The van der Waals surface area contributed by atoms with Crippen LogP contribution in [0, 0.1) is 12.7 Å². The molecule has 0 atom stereocenters. The first-order chi connectivity index (χ1) is 13.5. The van der Waals surface area contributed by atoms with Crippen LogP contribution >= 0.6 is 11.8 Å². The molecule has 2 aliphatic rings. The summed E-state index contributed by atoms with van der Waals surface area (Å²) in [7, 11) is 1.71. The topological polar surface area (TPSA) is 35.9 Å². The van der Waals surface area contributed by atoms with Gasteiger partial charge in [-0.25, -0.2) is 9.38 Å². The number of aryl methyl sites for hydroxylation is 1. The number of rotatable bonds is 3. The van der Waals surface area contributed by atoms with Crippen molar-refractivity contribution in [3.63, 3.8) is 0 Å². The van der Waals surface area contributed by atoms with Crippen molar-refractivity contribution >= 4 is 40.3 Å². The summed E-state index contributed by atoms with van der Waals surface area (Å²) in [6, 6.07) is 12.3. The molecule has 0 radical (unpaired) electrons. The molecule has 0 bridgehead atoms. The van der Waals surface area contributed by atoms with Gasteiger partial charge in [0.1, 0.15) is 5.82 Å². The van der Waals surface area contributed by atoms with Gasteiger partial charge in [-0.2, -0.15) is 0 Å². The lowest BCUT2D eigenvalue weighted by Crippen LogP contribution is -2.23. The van der Waals surface area contributed by atoms with E-state index in [1.807, 2.05) is 6.08 Å². The van der Waals surface area contributed by atoms with Gasteiger partial charge >= 0.3 is 0 Å². The standard InChI is InChI=1S/C22H22FN3OS/c1-15-13-19(26-11-3-4-12-26)10-5-16(15)14-20-21(27)25(2)22(28-20)24-18-8-6-17(23)7-9-18/h5-10,13-14H,3-4,11-12H2,1-2H3/b20-14-,24-22?. The van der Waals surface area contributed by atoms with Gasteiger partial charge in [-0.05, 0) is 85.1 Å². The molecule has 4 nitrogen and oxygen atoms in total. The first kappa shape index (κ1) is 18.7. The molecule has 2 aromatic rings. The van der Waals surface area contributed by atoms with E-state index >= 15 is 0 Å². The lowest BCUT2D eigenvalue weighted by Gasteiger charge is -2.18. The van der Waals surface area contributed by atoms with Crippen molar-refractivity contribution in [2.45, 2.75) is 19.8 Å². The quantitative estimate of drug-likeness (QED) is 0.689. The minimum absolute atomic E-state index is 0.0751. The number of anilines is 1. The van der Waals surface area contributed by atoms with E-state index in [2.05, 4.69) is 35.0 Å². The van der Waals surface area contributed by atoms with Gasteiger partial charge in [0, 0.05) is 25.8 Å². The summed E-state index contributed by atoms with van der Waals surface area (Å²) in [5.74, 6) is -0.380. The zero-order valence-corrected chi connectivity index (χ0v) is 16.8. The average Bonchev–Trinajstić information content (AvgIpc) is 3.31. The molecule has 0 N–H and O–H groups in total. The Labute approximate surface area is 168 Å². The third-order valence-corrected chi connectivity index (χ3v) is 6.13. The number of carbonyl (C=O) groups excluding carboxylic acids is 1. The molecule has 2 heterocycles. The minimum Gasteiger partial charge on any atom is -0.372 e. The third kappa shape index (κ3) is 3.83. The van der Waals surface area contributed by atoms with Gasteiger partial charge in [0.05, 0.1) is 10.6 Å². The van der Waals surface area contributed by atoms with E-state index in [9.17, 15) is 9.18 Å². The summed E-state index contributed by atoms with van der Waals surface area (Å²) in [6.07, 6.45) is 4.43. The maximum absolute atomic E-state index is 13.1. The predicted molar refractivity (Wildman–Crippen MR) is 114 cm³/mol. The van der Waals surface area contributed by atoms with Gasteiger partial charge in [-0.3, -0.25) is 9.69 Å². The fraction of sp³-hybridized carbons (Fsp3) is 0.273. The van der Waals surface area contributed by atoms with Gasteiger partial charge in [0.15, 0.2) is 5.17 Å². The Morgan fingerprint density at radius 3 is 2.50 bits per heavy atom. The Hall–Kier alpha value is -2.60. The van der Waals surface area contributed by atoms with Crippen LogP contribution in [-0.2, 0) is 4.79 Å². The van der Waals surface area contributed by atoms with Crippen molar-refractivity contribution in [3.8, 4) is 0 Å². The van der Waals surface area contributed by atoms with Gasteiger partial charge < -0.3 is 4.90 Å². The highest BCUT2D eigenvalue weighted by Crippen LogP contribution is 2.34. The summed E-state index contributed by atoms with van der Waals surface area (Å²) in [4.78, 5) is 21.7. The van der Waals surface area contributed by atoms with E-state index in [0.29, 0.717) is 15.8 Å². The molecule has 2 fully saturated rings. The normalized spacial score (nSPS) is 20.0. The van der Waals surface area contributed by atoms with E-state index in [4.69, 9.17) is 0 Å². The number of hydrogen-bond acceptors (Lipinski definition) is 4. The smallest absolute Gasteiger partial charge is 0.266 e. The molecule has 0 saturated carbocycles. The van der Waals surface area contributed by atoms with E-state index in [-0.39, 0.29) is 11.7 Å². The van der Waals surface area contributed by atoms with Crippen LogP contribution in [-0.4, -0.2) is 36.1 Å². The van der Waals surface area contributed by atoms with Crippen molar-refractivity contribution in [3.05, 3.63) is 64.3 Å². The Morgan fingerprint density at radius 2 is 1.82 bits per heavy atom. The predicted octanol–water partition coefficient (Wildman–Crippen LogP) is 4.97. The summed E-state index contributed by atoms with van der Waals surface area (Å²) in [5, 5.41) is 0.592. The van der Waals surface area contributed by atoms with Crippen LogP contribution in [0.5, 0.6) is 0 Å². The first-order valence-corrected chi connectivity index (χ1v) is 10.2. The Morgan fingerprint density at radius 1 is 1.11 bits per heavy atom. The summed E-state index contributed by atoms with van der Waals surface area (Å²) < 4.78 is 13.1. The number of amidine groups is 1. The van der Waals surface area contributed by atoms with Crippen LogP contribution in [0.2, 0.25) is 0 Å². The lowest BCUT2D eigenvalue weighted by atomic mass is 10.1. The van der Waals surface area contributed by atoms with Crippen LogP contribution in [0.15, 0.2) is 52.4 Å². The molecule has 4 rings (SSSR count). The monoisotopic (exact) mass is 395 g/mol. The van der Waals surface area contributed by atoms with Crippen molar-refractivity contribution in [2.75, 3.05) is 25.0 Å². The van der Waals surface area contributed by atoms with Gasteiger partial charge in [-0.15, -0.1) is 0 Å². The summed E-state index contributed by atoms with van der Waals surface area (Å²) in [6.45, 7) is 4.30. The third-order valence-electron chi connectivity index (χ3n) is 5.07. The number of likely N-dealkylation sites (N-methyl/N-ethyl adjacent to an activating group) is 1. The van der Waals surface area contributed by atoms with Gasteiger partial charge in [0.2, 0.25) is 0 Å². The summed E-state index contributed by atoms with van der Waals surface area (Å²) >= 11 is 1.34. The maximum atomic E-state index is 13.1. The molecule has 28 heavy (non-hydrogen) atoms. The van der Waals surface area contributed by atoms with Crippen LogP contribution in [0.4, 0.5) is 15.8 Å². The molecular weight excluding hydrogens is 373 g/mol. The molecule has 1 amide bonds. The van der Waals surface area contributed by atoms with Crippen LogP contribution in [0.25, 0.3) is 6.08 Å². The zero-order chi connectivity index (χ0) is 19.7. The SMILES string of the molecule is Cc1cc(N2CCCC2)ccc1/C=C1\SC(=Nc2ccc(F)cc2)N(C)C1=O. The fourth-order valence-corrected chi connectivity index (χ4v) is 4.39. The van der Waals surface area contributed by atoms with E-state index < -0.39 is 0 Å². The average molecular weight is 396 g/mol. The molecule has 6 heteroatoms. The Kier molecular flexibility index (Phi) is 5.22. The Balaban J connectivity index is 1.58. The molecule has 2 aliphatic heterocycles. The molecule has 0 unspecified atom stereocenters. The number of hydrogen-bond donors (Lipinski definition) is 0. The molecule has 0 spiro atoms. The number of aliphatic imine (C=N–C) groups is 1. The number of nitrogens with zero attached hydrogens (tertiary/aromatic N) is 3. The molecular formula is C22H22FN3OS. The van der Waals surface area contributed by atoms with E-state index in [1.165, 1.54) is 47.3 Å². The molecule has 2 saturated heterocycles. The van der Waals surface area contributed by atoms with E-state index in [1.54, 1.807) is 19.2 Å². The number of amides is 1. The molecule has 2 aromatic carbocycles. The largest absolute Gasteiger partial charge is 0.372 e.